The molecule has 0 heterocycles. The lowest BCUT2D eigenvalue weighted by molar-refractivity contribution is 0.143. The summed E-state index contributed by atoms with van der Waals surface area (Å²) in [4.78, 5) is 0. The van der Waals surface area contributed by atoms with Crippen LogP contribution in [0.15, 0.2) is 28.7 Å². The Balaban J connectivity index is 0.00000256. The van der Waals surface area contributed by atoms with E-state index in [9.17, 15) is 0 Å². The third-order valence-corrected chi connectivity index (χ3v) is 2.81. The molecule has 4 heteroatoms. The van der Waals surface area contributed by atoms with Crippen molar-refractivity contribution in [3.63, 3.8) is 0 Å². The summed E-state index contributed by atoms with van der Waals surface area (Å²) in [5.74, 6) is 0. The first kappa shape index (κ1) is 16.9. The fourth-order valence-corrected chi connectivity index (χ4v) is 1.92. The fourth-order valence-electron chi connectivity index (χ4n) is 1.48. The second kappa shape index (κ2) is 11.0. The highest BCUT2D eigenvalue weighted by molar-refractivity contribution is 9.10. The molecular formula is C13H21BrClNO. The molecule has 17 heavy (non-hydrogen) atoms. The molecule has 0 fully saturated rings. The van der Waals surface area contributed by atoms with Gasteiger partial charge in [0, 0.05) is 24.2 Å². The molecule has 0 spiro atoms. The molecule has 0 bridgehead atoms. The van der Waals surface area contributed by atoms with Crippen molar-refractivity contribution in [2.75, 3.05) is 19.8 Å². The number of ether oxygens (including phenoxy) is 1. The highest BCUT2D eigenvalue weighted by Crippen LogP contribution is 2.11. The highest BCUT2D eigenvalue weighted by atomic mass is 79.9. The normalized spacial score (nSPS) is 10.0. The van der Waals surface area contributed by atoms with Gasteiger partial charge in [-0.15, -0.1) is 12.4 Å². The summed E-state index contributed by atoms with van der Waals surface area (Å²) in [6.45, 7) is 5.74. The molecule has 0 aliphatic rings. The minimum atomic E-state index is 0. The average molecular weight is 323 g/mol. The van der Waals surface area contributed by atoms with Gasteiger partial charge in [0.2, 0.25) is 0 Å². The Bertz CT molecular complexity index is 297. The molecule has 0 atom stereocenters. The molecule has 0 radical (unpaired) electrons. The van der Waals surface area contributed by atoms with Crippen molar-refractivity contribution >= 4 is 28.3 Å². The van der Waals surface area contributed by atoms with Crippen LogP contribution in [0.5, 0.6) is 0 Å². The van der Waals surface area contributed by atoms with Crippen LogP contribution in [0.3, 0.4) is 0 Å². The molecule has 1 aromatic carbocycles. The fraction of sp³-hybridized carbons (Fsp3) is 0.538. The first-order valence-corrected chi connectivity index (χ1v) is 6.65. The lowest BCUT2D eigenvalue weighted by atomic mass is 10.2. The van der Waals surface area contributed by atoms with E-state index < -0.39 is 0 Å². The zero-order chi connectivity index (χ0) is 11.6. The second-order valence-electron chi connectivity index (χ2n) is 3.71. The van der Waals surface area contributed by atoms with Crippen LogP contribution in [-0.2, 0) is 11.3 Å². The van der Waals surface area contributed by atoms with Gasteiger partial charge in [0.25, 0.3) is 0 Å². The maximum Gasteiger partial charge on any atom is 0.0466 e. The smallest absolute Gasteiger partial charge is 0.0466 e. The maximum atomic E-state index is 5.28. The van der Waals surface area contributed by atoms with Gasteiger partial charge in [-0.25, -0.2) is 0 Å². The van der Waals surface area contributed by atoms with E-state index >= 15 is 0 Å². The number of rotatable bonds is 8. The van der Waals surface area contributed by atoms with Crippen molar-refractivity contribution in [2.24, 2.45) is 0 Å². The molecule has 0 amide bonds. The third kappa shape index (κ3) is 8.61. The topological polar surface area (TPSA) is 21.3 Å². The average Bonchev–Trinajstić information content (AvgIpc) is 2.28. The Hall–Kier alpha value is -0.0900. The first-order chi connectivity index (χ1) is 7.83. The van der Waals surface area contributed by atoms with E-state index in [1.54, 1.807) is 0 Å². The molecule has 1 rings (SSSR count). The molecule has 0 saturated carbocycles. The van der Waals surface area contributed by atoms with Crippen LogP contribution in [0.25, 0.3) is 0 Å². The molecule has 0 aliphatic carbocycles. The van der Waals surface area contributed by atoms with E-state index in [-0.39, 0.29) is 12.4 Å². The van der Waals surface area contributed by atoms with E-state index in [1.807, 2.05) is 13.0 Å². The van der Waals surface area contributed by atoms with Crippen molar-refractivity contribution < 1.29 is 4.74 Å². The lowest BCUT2D eigenvalue weighted by Gasteiger charge is -2.05. The van der Waals surface area contributed by atoms with E-state index in [1.165, 1.54) is 12.0 Å². The molecule has 98 valence electrons. The first-order valence-electron chi connectivity index (χ1n) is 5.86. The number of benzene rings is 1. The third-order valence-electron chi connectivity index (χ3n) is 2.31. The quantitative estimate of drug-likeness (QED) is 0.736. The van der Waals surface area contributed by atoms with Crippen molar-refractivity contribution in [1.29, 1.82) is 0 Å². The van der Waals surface area contributed by atoms with Gasteiger partial charge < -0.3 is 10.1 Å². The number of unbranched alkanes of at least 4 members (excludes halogenated alkanes) is 1. The Morgan fingerprint density at radius 1 is 1.29 bits per heavy atom. The van der Waals surface area contributed by atoms with E-state index in [0.717, 1.165) is 37.2 Å². The standard InChI is InChI=1S/C13H20BrNO.ClH/c1-2-16-9-4-3-8-15-11-12-6-5-7-13(14)10-12;/h5-7,10,15H,2-4,8-9,11H2,1H3;1H. The van der Waals surface area contributed by atoms with Gasteiger partial charge in [-0.05, 0) is 44.0 Å². The molecule has 0 aromatic heterocycles. The molecule has 1 N–H and O–H groups in total. The number of halogens is 2. The second-order valence-corrected chi connectivity index (χ2v) is 4.63. The SMILES string of the molecule is CCOCCCCNCc1cccc(Br)c1.Cl. The Kier molecular flexibility index (Phi) is 11.0. The van der Waals surface area contributed by atoms with Crippen LogP contribution in [-0.4, -0.2) is 19.8 Å². The minimum Gasteiger partial charge on any atom is -0.382 e. The summed E-state index contributed by atoms with van der Waals surface area (Å²) >= 11 is 3.47. The predicted octanol–water partition coefficient (Wildman–Crippen LogP) is 3.78. The van der Waals surface area contributed by atoms with Crippen molar-refractivity contribution in [3.05, 3.63) is 34.3 Å². The van der Waals surface area contributed by atoms with Crippen LogP contribution in [0.4, 0.5) is 0 Å². The summed E-state index contributed by atoms with van der Waals surface area (Å²) in [5, 5.41) is 3.43. The van der Waals surface area contributed by atoms with Gasteiger partial charge in [0.1, 0.15) is 0 Å². The summed E-state index contributed by atoms with van der Waals surface area (Å²) in [6.07, 6.45) is 2.31. The monoisotopic (exact) mass is 321 g/mol. The van der Waals surface area contributed by atoms with Gasteiger partial charge in [0.15, 0.2) is 0 Å². The van der Waals surface area contributed by atoms with Gasteiger partial charge in [-0.1, -0.05) is 28.1 Å². The molecular weight excluding hydrogens is 302 g/mol. The summed E-state index contributed by atoms with van der Waals surface area (Å²) in [6, 6.07) is 8.40. The molecule has 0 unspecified atom stereocenters. The lowest BCUT2D eigenvalue weighted by Crippen LogP contribution is -2.15. The molecule has 1 aromatic rings. The van der Waals surface area contributed by atoms with Crippen LogP contribution in [0.2, 0.25) is 0 Å². The van der Waals surface area contributed by atoms with Gasteiger partial charge in [-0.2, -0.15) is 0 Å². The number of hydrogen-bond acceptors (Lipinski definition) is 2. The summed E-state index contributed by atoms with van der Waals surface area (Å²) < 4.78 is 6.42. The van der Waals surface area contributed by atoms with Crippen LogP contribution in [0.1, 0.15) is 25.3 Å². The number of nitrogens with one attached hydrogen (secondary N) is 1. The van der Waals surface area contributed by atoms with Crippen molar-refractivity contribution in [2.45, 2.75) is 26.3 Å². The minimum absolute atomic E-state index is 0. The van der Waals surface area contributed by atoms with Crippen LogP contribution < -0.4 is 5.32 Å². The molecule has 0 aliphatic heterocycles. The predicted molar refractivity (Wildman–Crippen MR) is 78.8 cm³/mol. The van der Waals surface area contributed by atoms with Crippen molar-refractivity contribution in [3.8, 4) is 0 Å². The zero-order valence-corrected chi connectivity index (χ0v) is 12.6. The Labute approximate surface area is 119 Å². The van der Waals surface area contributed by atoms with Crippen LogP contribution in [0, 0.1) is 0 Å². The Morgan fingerprint density at radius 2 is 2.12 bits per heavy atom. The maximum absolute atomic E-state index is 5.28. The Morgan fingerprint density at radius 3 is 2.82 bits per heavy atom. The van der Waals surface area contributed by atoms with Gasteiger partial charge >= 0.3 is 0 Å². The van der Waals surface area contributed by atoms with Gasteiger partial charge in [-0.3, -0.25) is 0 Å². The molecule has 2 nitrogen and oxygen atoms in total. The van der Waals surface area contributed by atoms with Crippen molar-refractivity contribution in [1.82, 2.24) is 5.32 Å². The van der Waals surface area contributed by atoms with E-state index in [2.05, 4.69) is 39.4 Å². The summed E-state index contributed by atoms with van der Waals surface area (Å²) in [7, 11) is 0. The van der Waals surface area contributed by atoms with E-state index in [4.69, 9.17) is 4.74 Å². The van der Waals surface area contributed by atoms with Crippen LogP contribution >= 0.6 is 28.3 Å². The number of hydrogen-bond donors (Lipinski definition) is 1. The largest absolute Gasteiger partial charge is 0.382 e. The zero-order valence-electron chi connectivity index (χ0n) is 10.2. The molecule has 0 saturated heterocycles. The highest BCUT2D eigenvalue weighted by Gasteiger charge is 1.93. The van der Waals surface area contributed by atoms with E-state index in [0.29, 0.717) is 0 Å². The summed E-state index contributed by atoms with van der Waals surface area (Å²) in [5.41, 5.74) is 1.32. The van der Waals surface area contributed by atoms with Gasteiger partial charge in [0.05, 0.1) is 0 Å².